The van der Waals surface area contributed by atoms with Gasteiger partial charge in [0.15, 0.2) is 5.65 Å². The molecule has 0 saturated carbocycles. The second-order valence-corrected chi connectivity index (χ2v) is 8.65. The van der Waals surface area contributed by atoms with Crippen LogP contribution in [0.1, 0.15) is 35.7 Å². The molecule has 180 valence electrons. The van der Waals surface area contributed by atoms with E-state index in [1.54, 1.807) is 4.68 Å². The van der Waals surface area contributed by atoms with E-state index in [9.17, 15) is 9.59 Å². The fraction of sp³-hybridized carbons (Fsp3) is 0.172. The minimum Gasteiger partial charge on any atom is -0.356 e. The van der Waals surface area contributed by atoms with Gasteiger partial charge < -0.3 is 10.3 Å². The number of fused-ring (bicyclic) bond motifs is 1. The molecule has 2 aromatic heterocycles. The molecule has 2 heterocycles. The Morgan fingerprint density at radius 1 is 0.889 bits per heavy atom. The summed E-state index contributed by atoms with van der Waals surface area (Å²) in [4.78, 5) is 32.6. The summed E-state index contributed by atoms with van der Waals surface area (Å²) < 4.78 is 1.64. The van der Waals surface area contributed by atoms with E-state index in [2.05, 4.69) is 44.6 Å². The Morgan fingerprint density at radius 2 is 1.50 bits per heavy atom. The molecular weight excluding hydrogens is 450 g/mol. The van der Waals surface area contributed by atoms with Gasteiger partial charge in [-0.2, -0.15) is 5.10 Å². The summed E-state index contributed by atoms with van der Waals surface area (Å²) in [6, 6.07) is 30.2. The Morgan fingerprint density at radius 3 is 2.14 bits per heavy atom. The molecule has 0 unspecified atom stereocenters. The number of carbonyl (C=O) groups is 1. The Hall–Kier alpha value is -4.52. The highest BCUT2D eigenvalue weighted by Gasteiger charge is 2.15. The van der Waals surface area contributed by atoms with Gasteiger partial charge in [-0.1, -0.05) is 78.9 Å². The van der Waals surface area contributed by atoms with Crippen molar-refractivity contribution < 1.29 is 4.79 Å². The van der Waals surface area contributed by atoms with Crippen molar-refractivity contribution in [3.05, 3.63) is 124 Å². The predicted octanol–water partition coefficient (Wildman–Crippen LogP) is 4.38. The van der Waals surface area contributed by atoms with Crippen LogP contribution in [0.15, 0.2) is 102 Å². The fourth-order valence-corrected chi connectivity index (χ4v) is 4.41. The fourth-order valence-electron chi connectivity index (χ4n) is 4.41. The maximum atomic E-state index is 12.6. The standard InChI is InChI=1S/C29H27N5O2/c35-27(30-19-18-24(21-10-4-1-5-11-21)22-12-6-2-7-13-22)17-16-26-32-28-25(29(36)33-26)20-31-34(28)23-14-8-3-9-15-23/h1-15,20,24H,16-19H2,(H,30,35)(H,32,33,36). The van der Waals surface area contributed by atoms with Crippen molar-refractivity contribution in [3.63, 3.8) is 0 Å². The summed E-state index contributed by atoms with van der Waals surface area (Å²) in [5.41, 5.74) is 3.49. The highest BCUT2D eigenvalue weighted by atomic mass is 16.1. The van der Waals surface area contributed by atoms with Crippen LogP contribution in [-0.4, -0.2) is 32.2 Å². The third-order valence-corrected chi connectivity index (χ3v) is 6.24. The minimum absolute atomic E-state index is 0.0748. The molecule has 2 N–H and O–H groups in total. The molecule has 0 spiro atoms. The summed E-state index contributed by atoms with van der Waals surface area (Å²) in [5.74, 6) is 0.590. The number of hydrogen-bond donors (Lipinski definition) is 2. The Kier molecular flexibility index (Phi) is 6.98. The number of H-pyrrole nitrogens is 1. The van der Waals surface area contributed by atoms with Crippen molar-refractivity contribution in [1.82, 2.24) is 25.1 Å². The number of benzene rings is 3. The van der Waals surface area contributed by atoms with Gasteiger partial charge in [0, 0.05) is 25.3 Å². The summed E-state index contributed by atoms with van der Waals surface area (Å²) in [7, 11) is 0. The molecule has 0 aliphatic rings. The number of para-hydroxylation sites is 1. The SMILES string of the molecule is O=C(CCc1nc2c(cnn2-c2ccccc2)c(=O)[nH]1)NCCC(c1ccccc1)c1ccccc1. The van der Waals surface area contributed by atoms with E-state index in [1.165, 1.54) is 17.3 Å². The van der Waals surface area contributed by atoms with E-state index < -0.39 is 0 Å². The van der Waals surface area contributed by atoms with Crippen LogP contribution in [0, 0.1) is 0 Å². The van der Waals surface area contributed by atoms with Crippen LogP contribution in [0.5, 0.6) is 0 Å². The van der Waals surface area contributed by atoms with Gasteiger partial charge in [-0.3, -0.25) is 9.59 Å². The number of amides is 1. The van der Waals surface area contributed by atoms with Crippen LogP contribution < -0.4 is 10.9 Å². The first-order valence-electron chi connectivity index (χ1n) is 12.1. The molecule has 0 saturated heterocycles. The second-order valence-electron chi connectivity index (χ2n) is 8.65. The molecule has 0 atom stereocenters. The zero-order valence-corrected chi connectivity index (χ0v) is 19.8. The number of hydrogen-bond acceptors (Lipinski definition) is 4. The van der Waals surface area contributed by atoms with Gasteiger partial charge in [-0.25, -0.2) is 9.67 Å². The van der Waals surface area contributed by atoms with Crippen molar-refractivity contribution in [2.75, 3.05) is 6.54 Å². The van der Waals surface area contributed by atoms with Gasteiger partial charge in [0.05, 0.1) is 11.9 Å². The van der Waals surface area contributed by atoms with Crippen LogP contribution in [0.4, 0.5) is 0 Å². The lowest BCUT2D eigenvalue weighted by Gasteiger charge is -2.18. The highest BCUT2D eigenvalue weighted by molar-refractivity contribution is 5.77. The van der Waals surface area contributed by atoms with Gasteiger partial charge in [0.25, 0.3) is 5.56 Å². The van der Waals surface area contributed by atoms with Crippen molar-refractivity contribution in [3.8, 4) is 5.69 Å². The van der Waals surface area contributed by atoms with E-state index >= 15 is 0 Å². The van der Waals surface area contributed by atoms with Crippen LogP contribution in [0.25, 0.3) is 16.7 Å². The van der Waals surface area contributed by atoms with Crippen LogP contribution in [0.2, 0.25) is 0 Å². The average molecular weight is 478 g/mol. The van der Waals surface area contributed by atoms with Crippen LogP contribution in [0.3, 0.4) is 0 Å². The molecule has 0 aliphatic carbocycles. The second kappa shape index (κ2) is 10.8. The molecule has 5 rings (SSSR count). The molecule has 5 aromatic rings. The molecule has 0 fully saturated rings. The normalized spacial score (nSPS) is 11.1. The first-order chi connectivity index (χ1) is 17.7. The Labute approximate surface area is 208 Å². The maximum absolute atomic E-state index is 12.6. The van der Waals surface area contributed by atoms with Crippen molar-refractivity contribution >= 4 is 16.9 Å². The van der Waals surface area contributed by atoms with Crippen molar-refractivity contribution in [2.45, 2.75) is 25.2 Å². The minimum atomic E-state index is -0.258. The van der Waals surface area contributed by atoms with Gasteiger partial charge in [0.1, 0.15) is 11.2 Å². The highest BCUT2D eigenvalue weighted by Crippen LogP contribution is 2.27. The van der Waals surface area contributed by atoms with E-state index in [4.69, 9.17) is 0 Å². The largest absolute Gasteiger partial charge is 0.356 e. The third kappa shape index (κ3) is 5.25. The lowest BCUT2D eigenvalue weighted by atomic mass is 9.88. The molecule has 7 nitrogen and oxygen atoms in total. The summed E-state index contributed by atoms with van der Waals surface area (Å²) >= 11 is 0. The van der Waals surface area contributed by atoms with Gasteiger partial charge >= 0.3 is 0 Å². The van der Waals surface area contributed by atoms with E-state index in [1.807, 2.05) is 66.7 Å². The maximum Gasteiger partial charge on any atom is 0.262 e. The van der Waals surface area contributed by atoms with Crippen molar-refractivity contribution in [1.29, 1.82) is 0 Å². The summed E-state index contributed by atoms with van der Waals surface area (Å²) in [6.07, 6.45) is 2.87. The number of rotatable bonds is 9. The monoisotopic (exact) mass is 477 g/mol. The zero-order valence-electron chi connectivity index (χ0n) is 19.8. The summed E-state index contributed by atoms with van der Waals surface area (Å²) in [6.45, 7) is 0.553. The van der Waals surface area contributed by atoms with E-state index in [-0.39, 0.29) is 23.8 Å². The predicted molar refractivity (Wildman–Crippen MR) is 140 cm³/mol. The lowest BCUT2D eigenvalue weighted by molar-refractivity contribution is -0.121. The molecule has 36 heavy (non-hydrogen) atoms. The van der Waals surface area contributed by atoms with Crippen LogP contribution >= 0.6 is 0 Å². The quantitative estimate of drug-likeness (QED) is 0.330. The Bertz CT molecular complexity index is 1460. The van der Waals surface area contributed by atoms with E-state index in [0.29, 0.717) is 29.8 Å². The third-order valence-electron chi connectivity index (χ3n) is 6.24. The number of nitrogens with one attached hydrogen (secondary N) is 2. The molecule has 7 heteroatoms. The van der Waals surface area contributed by atoms with Gasteiger partial charge in [0.2, 0.25) is 5.91 Å². The lowest BCUT2D eigenvalue weighted by Crippen LogP contribution is -2.26. The van der Waals surface area contributed by atoms with Crippen LogP contribution in [-0.2, 0) is 11.2 Å². The first kappa shape index (κ1) is 23.2. The number of nitrogens with zero attached hydrogens (tertiary/aromatic N) is 3. The zero-order chi connectivity index (χ0) is 24.7. The van der Waals surface area contributed by atoms with Gasteiger partial charge in [-0.05, 0) is 29.7 Å². The van der Waals surface area contributed by atoms with Gasteiger partial charge in [-0.15, -0.1) is 0 Å². The number of aromatic nitrogens is 4. The van der Waals surface area contributed by atoms with Crippen molar-refractivity contribution in [2.24, 2.45) is 0 Å². The van der Waals surface area contributed by atoms with E-state index in [0.717, 1.165) is 12.1 Å². The number of aromatic amines is 1. The number of carbonyl (C=O) groups excluding carboxylic acids is 1. The smallest absolute Gasteiger partial charge is 0.262 e. The first-order valence-corrected chi connectivity index (χ1v) is 12.1. The molecule has 0 radical (unpaired) electrons. The number of aryl methyl sites for hydroxylation is 1. The molecule has 1 amide bonds. The molecule has 3 aromatic carbocycles. The average Bonchev–Trinajstić information content (AvgIpc) is 3.36. The topological polar surface area (TPSA) is 92.7 Å². The molecule has 0 aliphatic heterocycles. The summed E-state index contributed by atoms with van der Waals surface area (Å²) in [5, 5.41) is 7.77. The Balaban J connectivity index is 1.22. The molecular formula is C29H27N5O2. The molecule has 0 bridgehead atoms.